The second-order valence-corrected chi connectivity index (χ2v) is 5.12. The zero-order valence-electron chi connectivity index (χ0n) is 12.3. The summed E-state index contributed by atoms with van der Waals surface area (Å²) in [6, 6.07) is 11.2. The van der Waals surface area contributed by atoms with E-state index in [1.165, 1.54) is 16.8 Å². The van der Waals surface area contributed by atoms with E-state index in [-0.39, 0.29) is 0 Å². The van der Waals surface area contributed by atoms with Crippen LogP contribution in [0.15, 0.2) is 30.3 Å². The average Bonchev–Trinajstić information content (AvgIpc) is 2.77. The van der Waals surface area contributed by atoms with E-state index in [1.54, 1.807) is 0 Å². The van der Waals surface area contributed by atoms with E-state index in [1.807, 2.05) is 11.7 Å². The first kappa shape index (κ1) is 13.8. The molecule has 3 heteroatoms. The third-order valence-electron chi connectivity index (χ3n) is 3.56. The molecule has 0 bridgehead atoms. The molecule has 0 aliphatic carbocycles. The van der Waals surface area contributed by atoms with Gasteiger partial charge in [-0.2, -0.15) is 5.10 Å². The Bertz CT molecular complexity index is 525. The van der Waals surface area contributed by atoms with Crippen LogP contribution >= 0.6 is 0 Å². The minimum absolute atomic E-state index is 0.348. The highest BCUT2D eigenvalue weighted by Crippen LogP contribution is 2.14. The quantitative estimate of drug-likeness (QED) is 0.891. The molecular weight excluding hydrogens is 234 g/mol. The van der Waals surface area contributed by atoms with Gasteiger partial charge in [0.25, 0.3) is 0 Å². The van der Waals surface area contributed by atoms with Crippen LogP contribution in [0.2, 0.25) is 0 Å². The molecule has 1 N–H and O–H groups in total. The maximum atomic E-state index is 4.47. The van der Waals surface area contributed by atoms with Crippen molar-refractivity contribution in [2.75, 3.05) is 0 Å². The lowest BCUT2D eigenvalue weighted by molar-refractivity contribution is 0.547. The molecule has 0 radical (unpaired) electrons. The van der Waals surface area contributed by atoms with Crippen molar-refractivity contribution < 1.29 is 0 Å². The number of rotatable bonds is 5. The molecule has 19 heavy (non-hydrogen) atoms. The molecule has 0 amide bonds. The lowest BCUT2D eigenvalue weighted by Gasteiger charge is -2.14. The van der Waals surface area contributed by atoms with E-state index in [4.69, 9.17) is 0 Å². The number of aromatic nitrogens is 2. The normalized spacial score (nSPS) is 12.6. The molecule has 2 rings (SSSR count). The molecule has 2 aromatic rings. The number of hydrogen-bond donors (Lipinski definition) is 1. The van der Waals surface area contributed by atoms with Crippen LogP contribution in [0.25, 0.3) is 0 Å². The van der Waals surface area contributed by atoms with Crippen LogP contribution < -0.4 is 5.32 Å². The first-order valence-corrected chi connectivity index (χ1v) is 6.92. The molecule has 0 fully saturated rings. The minimum Gasteiger partial charge on any atom is -0.305 e. The average molecular weight is 257 g/mol. The summed E-state index contributed by atoms with van der Waals surface area (Å²) in [4.78, 5) is 0. The van der Waals surface area contributed by atoms with Crippen LogP contribution in [0.5, 0.6) is 0 Å². The Hall–Kier alpha value is -1.61. The summed E-state index contributed by atoms with van der Waals surface area (Å²) < 4.78 is 1.97. The first-order valence-electron chi connectivity index (χ1n) is 6.92. The minimum atomic E-state index is 0.348. The van der Waals surface area contributed by atoms with Gasteiger partial charge >= 0.3 is 0 Å². The number of benzene rings is 1. The Labute approximate surface area is 115 Å². The first-order chi connectivity index (χ1) is 9.10. The smallest absolute Gasteiger partial charge is 0.0625 e. The molecule has 1 aromatic heterocycles. The summed E-state index contributed by atoms with van der Waals surface area (Å²) in [5, 5.41) is 8.02. The highest BCUT2D eigenvalue weighted by molar-refractivity contribution is 5.23. The Morgan fingerprint density at radius 3 is 2.53 bits per heavy atom. The Kier molecular flexibility index (Phi) is 4.38. The highest BCUT2D eigenvalue weighted by Gasteiger charge is 2.07. The molecule has 102 valence electrons. The fourth-order valence-electron chi connectivity index (χ4n) is 2.14. The third kappa shape index (κ3) is 3.44. The van der Waals surface area contributed by atoms with E-state index in [2.05, 4.69) is 61.5 Å². The summed E-state index contributed by atoms with van der Waals surface area (Å²) in [7, 11) is 2.01. The van der Waals surface area contributed by atoms with Crippen molar-refractivity contribution in [2.24, 2.45) is 7.05 Å². The van der Waals surface area contributed by atoms with Crippen LogP contribution in [0.3, 0.4) is 0 Å². The SMILES string of the molecule is CCc1cc(CN[C@H](C)c2ccc(C)cc2)n(C)n1. The molecular formula is C16H23N3. The van der Waals surface area contributed by atoms with Gasteiger partial charge in [-0.1, -0.05) is 36.8 Å². The maximum Gasteiger partial charge on any atom is 0.0625 e. The van der Waals surface area contributed by atoms with Gasteiger partial charge in [-0.25, -0.2) is 0 Å². The van der Waals surface area contributed by atoms with Gasteiger partial charge in [0.15, 0.2) is 0 Å². The van der Waals surface area contributed by atoms with Crippen molar-refractivity contribution in [3.63, 3.8) is 0 Å². The number of nitrogens with one attached hydrogen (secondary N) is 1. The summed E-state index contributed by atoms with van der Waals surface area (Å²) in [5.74, 6) is 0. The monoisotopic (exact) mass is 257 g/mol. The van der Waals surface area contributed by atoms with E-state index in [9.17, 15) is 0 Å². The zero-order valence-corrected chi connectivity index (χ0v) is 12.3. The molecule has 1 heterocycles. The second kappa shape index (κ2) is 6.02. The molecule has 0 saturated heterocycles. The van der Waals surface area contributed by atoms with Crippen molar-refractivity contribution >= 4 is 0 Å². The van der Waals surface area contributed by atoms with Crippen molar-refractivity contribution in [2.45, 2.75) is 39.8 Å². The molecule has 0 unspecified atom stereocenters. The summed E-state index contributed by atoms with van der Waals surface area (Å²) in [5.41, 5.74) is 5.01. The lowest BCUT2D eigenvalue weighted by Crippen LogP contribution is -2.19. The highest BCUT2D eigenvalue weighted by atomic mass is 15.3. The van der Waals surface area contributed by atoms with Crippen LogP contribution in [0, 0.1) is 6.92 Å². The van der Waals surface area contributed by atoms with Gasteiger partial charge in [-0.3, -0.25) is 4.68 Å². The number of hydrogen-bond acceptors (Lipinski definition) is 2. The molecule has 0 aliphatic heterocycles. The van der Waals surface area contributed by atoms with E-state index < -0.39 is 0 Å². The molecule has 1 atom stereocenters. The number of aryl methyl sites for hydroxylation is 3. The van der Waals surface area contributed by atoms with Gasteiger partial charge in [0.1, 0.15) is 0 Å². The molecule has 1 aromatic carbocycles. The summed E-state index contributed by atoms with van der Waals surface area (Å²) >= 11 is 0. The van der Waals surface area contributed by atoms with Crippen molar-refractivity contribution in [3.8, 4) is 0 Å². The van der Waals surface area contributed by atoms with Gasteiger partial charge in [0, 0.05) is 19.6 Å². The predicted molar refractivity (Wildman–Crippen MR) is 79.0 cm³/mol. The van der Waals surface area contributed by atoms with Gasteiger partial charge in [-0.15, -0.1) is 0 Å². The summed E-state index contributed by atoms with van der Waals surface area (Å²) in [6.07, 6.45) is 0.987. The fraction of sp³-hybridized carbons (Fsp3) is 0.438. The summed E-state index contributed by atoms with van der Waals surface area (Å²) in [6.45, 7) is 7.29. The zero-order chi connectivity index (χ0) is 13.8. The standard InChI is InChI=1S/C16H23N3/c1-5-15-10-16(19(4)18-15)11-17-13(3)14-8-6-12(2)7-9-14/h6-10,13,17H,5,11H2,1-4H3/t13-/m1/s1. The van der Waals surface area contributed by atoms with Gasteiger partial charge < -0.3 is 5.32 Å². The van der Waals surface area contributed by atoms with Crippen molar-refractivity contribution in [1.82, 2.24) is 15.1 Å². The van der Waals surface area contributed by atoms with E-state index >= 15 is 0 Å². The second-order valence-electron chi connectivity index (χ2n) is 5.12. The van der Waals surface area contributed by atoms with Crippen LogP contribution in [-0.4, -0.2) is 9.78 Å². The lowest BCUT2D eigenvalue weighted by atomic mass is 10.1. The molecule has 3 nitrogen and oxygen atoms in total. The van der Waals surface area contributed by atoms with Gasteiger partial charge in [-0.05, 0) is 31.9 Å². The van der Waals surface area contributed by atoms with Crippen molar-refractivity contribution in [1.29, 1.82) is 0 Å². The van der Waals surface area contributed by atoms with Crippen LogP contribution in [0.1, 0.15) is 42.4 Å². The topological polar surface area (TPSA) is 29.9 Å². The third-order valence-corrected chi connectivity index (χ3v) is 3.56. The molecule has 0 saturated carbocycles. The molecule has 0 spiro atoms. The maximum absolute atomic E-state index is 4.47. The Morgan fingerprint density at radius 1 is 1.26 bits per heavy atom. The molecule has 0 aliphatic rings. The van der Waals surface area contributed by atoms with Crippen LogP contribution in [-0.2, 0) is 20.0 Å². The van der Waals surface area contributed by atoms with E-state index in [0.717, 1.165) is 18.7 Å². The van der Waals surface area contributed by atoms with E-state index in [0.29, 0.717) is 6.04 Å². The largest absolute Gasteiger partial charge is 0.305 e. The fourth-order valence-corrected chi connectivity index (χ4v) is 2.14. The Balaban J connectivity index is 1.97. The van der Waals surface area contributed by atoms with Gasteiger partial charge in [0.2, 0.25) is 0 Å². The Morgan fingerprint density at radius 2 is 1.95 bits per heavy atom. The van der Waals surface area contributed by atoms with Crippen LogP contribution in [0.4, 0.5) is 0 Å². The van der Waals surface area contributed by atoms with Crippen molar-refractivity contribution in [3.05, 3.63) is 52.8 Å². The van der Waals surface area contributed by atoms with Gasteiger partial charge in [0.05, 0.1) is 11.4 Å². The number of nitrogens with zero attached hydrogens (tertiary/aromatic N) is 2. The predicted octanol–water partition coefficient (Wildman–Crippen LogP) is 3.14.